The first-order chi connectivity index (χ1) is 16.8. The fraction of sp³-hybridized carbons (Fsp3) is 0.360. The van der Waals surface area contributed by atoms with E-state index >= 15 is 0 Å². The number of hydrogen-bond donors (Lipinski definition) is 3. The second-order valence-corrected chi connectivity index (χ2v) is 9.45. The molecule has 1 aliphatic carbocycles. The van der Waals surface area contributed by atoms with Crippen LogP contribution in [-0.2, 0) is 11.2 Å². The highest BCUT2D eigenvalue weighted by atomic mass is 32.1. The predicted molar refractivity (Wildman–Crippen MR) is 134 cm³/mol. The fourth-order valence-corrected chi connectivity index (χ4v) is 5.08. The van der Waals surface area contributed by atoms with Crippen LogP contribution in [0.15, 0.2) is 40.8 Å². The maximum absolute atomic E-state index is 14.0. The number of furan rings is 1. The highest BCUT2D eigenvalue weighted by Gasteiger charge is 2.38. The zero-order valence-electron chi connectivity index (χ0n) is 19.7. The number of aromatic nitrogens is 1. The molecule has 1 saturated carbocycles. The summed E-state index contributed by atoms with van der Waals surface area (Å²) in [7, 11) is 0. The van der Waals surface area contributed by atoms with Crippen LogP contribution in [0.5, 0.6) is 0 Å². The summed E-state index contributed by atoms with van der Waals surface area (Å²) in [5.41, 5.74) is 12.8. The maximum atomic E-state index is 14.0. The van der Waals surface area contributed by atoms with Crippen LogP contribution in [0.25, 0.3) is 0 Å². The van der Waals surface area contributed by atoms with E-state index in [-0.39, 0.29) is 28.2 Å². The van der Waals surface area contributed by atoms with Gasteiger partial charge in [0, 0.05) is 11.7 Å². The molecule has 0 radical (unpaired) electrons. The number of carbonyl (C=O) groups excluding carboxylic acids is 3. The molecular weight excluding hydrogens is 466 g/mol. The quantitative estimate of drug-likeness (QED) is 0.434. The molecule has 9 nitrogen and oxygen atoms in total. The van der Waals surface area contributed by atoms with E-state index in [4.69, 9.17) is 15.9 Å². The van der Waals surface area contributed by atoms with Crippen molar-refractivity contribution in [2.24, 2.45) is 5.73 Å². The van der Waals surface area contributed by atoms with Crippen LogP contribution in [0, 0.1) is 6.92 Å². The average molecular weight is 496 g/mol. The van der Waals surface area contributed by atoms with Crippen LogP contribution >= 0.6 is 11.5 Å². The van der Waals surface area contributed by atoms with Gasteiger partial charge in [0.05, 0.1) is 5.69 Å². The summed E-state index contributed by atoms with van der Waals surface area (Å²) in [6, 6.07) is 9.77. The minimum atomic E-state index is -1.09. The number of nitrogens with one attached hydrogen (secondary N) is 1. The van der Waals surface area contributed by atoms with E-state index < -0.39 is 17.9 Å². The predicted octanol–water partition coefficient (Wildman–Crippen LogP) is 3.73. The van der Waals surface area contributed by atoms with Gasteiger partial charge in [-0.1, -0.05) is 31.9 Å². The standard InChI is InChI=1S/C25H29N5O4S/c1-3-15-9-11-17(12-10-15)30(25(33)22-19(26)20(23(27)31)29-35-22)21(18-13-8-14(2)34-18)24(32)28-16-6-4-5-7-16/h8-13,16,21H,3-7,26H2,1-2H3,(H2,27,31)(H,28,32)/t21-/m1/s1. The molecule has 4 rings (SSSR count). The molecule has 1 aliphatic rings. The molecule has 1 fully saturated rings. The molecule has 0 unspecified atom stereocenters. The normalized spacial score (nSPS) is 14.6. The summed E-state index contributed by atoms with van der Waals surface area (Å²) in [6.07, 6.45) is 4.69. The van der Waals surface area contributed by atoms with Crippen LogP contribution < -0.4 is 21.7 Å². The molecular formula is C25H29N5O4S. The van der Waals surface area contributed by atoms with Gasteiger partial charge in [-0.25, -0.2) is 0 Å². The molecule has 2 aromatic heterocycles. The summed E-state index contributed by atoms with van der Waals surface area (Å²) in [5, 5.41) is 3.09. The van der Waals surface area contributed by atoms with Crippen molar-refractivity contribution in [3.8, 4) is 0 Å². The van der Waals surface area contributed by atoms with Crippen molar-refractivity contribution in [3.63, 3.8) is 0 Å². The third kappa shape index (κ3) is 5.07. The highest BCUT2D eigenvalue weighted by Crippen LogP contribution is 2.34. The van der Waals surface area contributed by atoms with Crippen molar-refractivity contribution >= 4 is 40.6 Å². The van der Waals surface area contributed by atoms with Crippen molar-refractivity contribution < 1.29 is 18.8 Å². The zero-order valence-corrected chi connectivity index (χ0v) is 20.6. The number of nitrogens with two attached hydrogens (primary N) is 2. The number of nitrogen functional groups attached to an aromatic ring is 1. The Kier molecular flexibility index (Phi) is 7.20. The van der Waals surface area contributed by atoms with Crippen LogP contribution in [0.3, 0.4) is 0 Å². The molecule has 1 aromatic carbocycles. The van der Waals surface area contributed by atoms with Crippen LogP contribution in [0.4, 0.5) is 11.4 Å². The minimum absolute atomic E-state index is 0.0281. The monoisotopic (exact) mass is 495 g/mol. The number of rotatable bonds is 8. The Morgan fingerprint density at radius 1 is 1.17 bits per heavy atom. The van der Waals surface area contributed by atoms with Gasteiger partial charge in [-0.15, -0.1) is 0 Å². The van der Waals surface area contributed by atoms with Crippen LogP contribution in [0.2, 0.25) is 0 Å². The highest BCUT2D eigenvalue weighted by molar-refractivity contribution is 7.09. The Morgan fingerprint density at radius 2 is 1.86 bits per heavy atom. The first kappa shape index (κ1) is 24.5. The van der Waals surface area contributed by atoms with Gasteiger partial charge in [-0.05, 0) is 67.5 Å². The lowest BCUT2D eigenvalue weighted by Crippen LogP contribution is -2.46. The lowest BCUT2D eigenvalue weighted by atomic mass is 10.1. The Hall–Kier alpha value is -3.66. The van der Waals surface area contributed by atoms with Crippen LogP contribution in [-0.4, -0.2) is 28.1 Å². The number of benzene rings is 1. The first-order valence-electron chi connectivity index (χ1n) is 11.6. The van der Waals surface area contributed by atoms with Gasteiger partial charge in [0.25, 0.3) is 17.7 Å². The molecule has 3 amide bonds. The van der Waals surface area contributed by atoms with Gasteiger partial charge in [0.2, 0.25) is 0 Å². The number of nitrogens with zero attached hydrogens (tertiary/aromatic N) is 2. The fourth-order valence-electron chi connectivity index (χ4n) is 4.34. The molecule has 0 saturated heterocycles. The summed E-state index contributed by atoms with van der Waals surface area (Å²) >= 11 is 0.776. The van der Waals surface area contributed by atoms with E-state index in [1.54, 1.807) is 31.2 Å². The van der Waals surface area contributed by atoms with Gasteiger partial charge in [-0.3, -0.25) is 19.3 Å². The second kappa shape index (κ2) is 10.3. The average Bonchev–Trinajstić information content (AvgIpc) is 3.59. The van der Waals surface area contributed by atoms with Gasteiger partial charge in [0.15, 0.2) is 11.7 Å². The Labute approximate surface area is 207 Å². The summed E-state index contributed by atoms with van der Waals surface area (Å²) in [6.45, 7) is 3.81. The zero-order chi connectivity index (χ0) is 25.1. The van der Waals surface area contributed by atoms with Gasteiger partial charge in [-0.2, -0.15) is 4.37 Å². The molecule has 2 heterocycles. The number of anilines is 2. The van der Waals surface area contributed by atoms with Crippen molar-refractivity contribution in [1.29, 1.82) is 0 Å². The van der Waals surface area contributed by atoms with Crippen molar-refractivity contribution in [1.82, 2.24) is 9.69 Å². The third-order valence-corrected chi connectivity index (χ3v) is 7.09. The summed E-state index contributed by atoms with van der Waals surface area (Å²) in [4.78, 5) is 40.8. The van der Waals surface area contributed by atoms with E-state index in [9.17, 15) is 14.4 Å². The third-order valence-electron chi connectivity index (χ3n) is 6.24. The van der Waals surface area contributed by atoms with Crippen molar-refractivity contribution in [3.05, 3.63) is 64.1 Å². The SMILES string of the molecule is CCc1ccc(N(C(=O)c2snc(C(N)=O)c2N)[C@@H](C(=O)NC2CCCC2)c2ccc(C)o2)cc1. The van der Waals surface area contributed by atoms with Crippen molar-refractivity contribution in [2.45, 2.75) is 58.0 Å². The van der Waals surface area contributed by atoms with Crippen LogP contribution in [0.1, 0.15) is 75.9 Å². The molecule has 3 aromatic rings. The second-order valence-electron chi connectivity index (χ2n) is 8.67. The largest absolute Gasteiger partial charge is 0.464 e. The molecule has 35 heavy (non-hydrogen) atoms. The Morgan fingerprint density at radius 3 is 2.40 bits per heavy atom. The number of primary amides is 1. The molecule has 184 valence electrons. The number of amides is 3. The Balaban J connectivity index is 1.83. The number of carbonyl (C=O) groups is 3. The number of hydrogen-bond acceptors (Lipinski definition) is 7. The van der Waals surface area contributed by atoms with Crippen molar-refractivity contribution in [2.75, 3.05) is 10.6 Å². The molecule has 0 spiro atoms. The lowest BCUT2D eigenvalue weighted by Gasteiger charge is -2.30. The number of aryl methyl sites for hydroxylation is 2. The lowest BCUT2D eigenvalue weighted by molar-refractivity contribution is -0.123. The van der Waals surface area contributed by atoms with Gasteiger partial charge in [0.1, 0.15) is 16.4 Å². The van der Waals surface area contributed by atoms with Gasteiger partial charge >= 0.3 is 0 Å². The first-order valence-corrected chi connectivity index (χ1v) is 12.4. The summed E-state index contributed by atoms with van der Waals surface area (Å²) in [5.74, 6) is -0.812. The molecule has 10 heteroatoms. The summed E-state index contributed by atoms with van der Waals surface area (Å²) < 4.78 is 9.84. The minimum Gasteiger partial charge on any atom is -0.464 e. The van der Waals surface area contributed by atoms with E-state index in [1.165, 1.54) is 4.90 Å². The topological polar surface area (TPSA) is 145 Å². The van der Waals surface area contributed by atoms with E-state index in [2.05, 4.69) is 9.69 Å². The van der Waals surface area contributed by atoms with E-state index in [0.717, 1.165) is 49.2 Å². The van der Waals surface area contributed by atoms with E-state index in [1.807, 2.05) is 19.1 Å². The maximum Gasteiger partial charge on any atom is 0.273 e. The van der Waals surface area contributed by atoms with E-state index in [0.29, 0.717) is 17.2 Å². The molecule has 0 bridgehead atoms. The van der Waals surface area contributed by atoms with Gasteiger partial charge < -0.3 is 21.2 Å². The molecule has 1 atom stereocenters. The molecule has 0 aliphatic heterocycles. The molecule has 5 N–H and O–H groups in total. The Bertz CT molecular complexity index is 1230. The smallest absolute Gasteiger partial charge is 0.273 e.